The number of nitriles is 1. The van der Waals surface area contributed by atoms with E-state index in [-0.39, 0.29) is 17.9 Å². The first kappa shape index (κ1) is 21.1. The van der Waals surface area contributed by atoms with Crippen molar-refractivity contribution in [3.05, 3.63) is 29.8 Å². The van der Waals surface area contributed by atoms with E-state index in [0.29, 0.717) is 31.7 Å². The molecule has 1 saturated carbocycles. The van der Waals surface area contributed by atoms with Crippen LogP contribution in [-0.4, -0.2) is 53.5 Å². The predicted octanol–water partition coefficient (Wildman–Crippen LogP) is 3.30. The molecule has 1 N–H and O–H groups in total. The summed E-state index contributed by atoms with van der Waals surface area (Å²) in [6.07, 6.45) is 4.03. The van der Waals surface area contributed by atoms with Gasteiger partial charge in [-0.05, 0) is 57.2 Å². The Hall–Kier alpha value is -2.20. The molecule has 0 bridgehead atoms. The van der Waals surface area contributed by atoms with Crippen LogP contribution in [0.1, 0.15) is 43.5 Å². The third-order valence-electron chi connectivity index (χ3n) is 4.99. The Morgan fingerprint density at radius 2 is 2.07 bits per heavy atom. The van der Waals surface area contributed by atoms with E-state index in [4.69, 9.17) is 10.00 Å². The molecular weight excluding hydrogens is 362 g/mol. The van der Waals surface area contributed by atoms with Crippen LogP contribution < -0.4 is 5.32 Å². The van der Waals surface area contributed by atoms with Crippen LogP contribution in [0.2, 0.25) is 0 Å². The van der Waals surface area contributed by atoms with Gasteiger partial charge in [-0.15, -0.1) is 11.8 Å². The van der Waals surface area contributed by atoms with E-state index < -0.39 is 4.75 Å². The average Bonchev–Trinajstić information content (AvgIpc) is 2.67. The molecule has 0 aromatic heterocycles. The number of thioether (sulfide) groups is 1. The van der Waals surface area contributed by atoms with E-state index >= 15 is 0 Å². The topological polar surface area (TPSA) is 82.4 Å². The number of nitrogens with one attached hydrogen (secondary N) is 1. The minimum absolute atomic E-state index is 0.0181. The number of hydrogen-bond donors (Lipinski definition) is 1. The normalized spacial score (nSPS) is 20.9. The van der Waals surface area contributed by atoms with Gasteiger partial charge in [-0.3, -0.25) is 4.79 Å². The van der Waals surface area contributed by atoms with Gasteiger partial charge in [0.05, 0.1) is 24.7 Å². The van der Waals surface area contributed by atoms with Crippen LogP contribution >= 0.6 is 11.8 Å². The van der Waals surface area contributed by atoms with Crippen LogP contribution in [0.3, 0.4) is 0 Å². The Kier molecular flexibility index (Phi) is 7.55. The number of nitrogens with zero attached hydrogens (tertiary/aromatic N) is 2. The van der Waals surface area contributed by atoms with Crippen molar-refractivity contribution in [3.63, 3.8) is 0 Å². The van der Waals surface area contributed by atoms with Gasteiger partial charge in [-0.1, -0.05) is 0 Å². The van der Waals surface area contributed by atoms with Crippen molar-refractivity contribution in [3.8, 4) is 6.07 Å². The van der Waals surface area contributed by atoms with Gasteiger partial charge in [0.15, 0.2) is 0 Å². The summed E-state index contributed by atoms with van der Waals surface area (Å²) >= 11 is 1.58. The molecule has 0 heterocycles. The highest BCUT2D eigenvalue weighted by atomic mass is 32.2. The smallest absolute Gasteiger partial charge is 0.338 e. The number of ether oxygens (including phenoxy) is 1. The summed E-state index contributed by atoms with van der Waals surface area (Å²) in [5, 5.41) is 12.3. The fourth-order valence-electron chi connectivity index (χ4n) is 3.30. The zero-order valence-electron chi connectivity index (χ0n) is 16.2. The minimum Gasteiger partial charge on any atom is -0.462 e. The van der Waals surface area contributed by atoms with Crippen LogP contribution in [0, 0.1) is 11.3 Å². The summed E-state index contributed by atoms with van der Waals surface area (Å²) in [5.41, 5.74) is 1.39. The maximum absolute atomic E-state index is 13.1. The molecule has 1 aliphatic rings. The molecule has 0 radical (unpaired) electrons. The summed E-state index contributed by atoms with van der Waals surface area (Å²) < 4.78 is 4.49. The van der Waals surface area contributed by atoms with Gasteiger partial charge in [-0.2, -0.15) is 5.26 Å². The molecule has 0 spiro atoms. The van der Waals surface area contributed by atoms with E-state index in [2.05, 4.69) is 11.4 Å². The van der Waals surface area contributed by atoms with Gasteiger partial charge in [0.1, 0.15) is 4.75 Å². The quantitative estimate of drug-likeness (QED) is 0.653. The first-order chi connectivity index (χ1) is 13.0. The molecule has 146 valence electrons. The third kappa shape index (κ3) is 4.56. The van der Waals surface area contributed by atoms with Crippen molar-refractivity contribution in [2.45, 2.75) is 43.9 Å². The van der Waals surface area contributed by atoms with Crippen LogP contribution in [0.15, 0.2) is 24.3 Å². The lowest BCUT2D eigenvalue weighted by Gasteiger charge is -2.49. The molecular formula is C20H27N3O3S. The summed E-state index contributed by atoms with van der Waals surface area (Å²) in [6.45, 7) is 5.13. The zero-order chi connectivity index (χ0) is 19.9. The average molecular weight is 390 g/mol. The van der Waals surface area contributed by atoms with Gasteiger partial charge < -0.3 is 15.0 Å². The lowest BCUT2D eigenvalue weighted by Crippen LogP contribution is -2.62. The largest absolute Gasteiger partial charge is 0.462 e. The van der Waals surface area contributed by atoms with Crippen LogP contribution in [0.25, 0.3) is 0 Å². The van der Waals surface area contributed by atoms with E-state index in [0.717, 1.165) is 18.5 Å². The van der Waals surface area contributed by atoms with E-state index in [9.17, 15) is 9.59 Å². The van der Waals surface area contributed by atoms with E-state index in [1.54, 1.807) is 35.7 Å². The summed E-state index contributed by atoms with van der Waals surface area (Å²) in [4.78, 5) is 26.7. The predicted molar refractivity (Wildman–Crippen MR) is 108 cm³/mol. The molecule has 6 nitrogen and oxygen atoms in total. The van der Waals surface area contributed by atoms with Crippen molar-refractivity contribution in [1.82, 2.24) is 4.90 Å². The fourth-order valence-corrected chi connectivity index (χ4v) is 4.39. The molecule has 27 heavy (non-hydrogen) atoms. The second-order valence-electron chi connectivity index (χ2n) is 6.42. The summed E-state index contributed by atoms with van der Waals surface area (Å²) in [7, 11) is 0. The molecule has 0 aliphatic heterocycles. The highest BCUT2D eigenvalue weighted by Gasteiger charge is 2.53. The standard InChI is InChI=1S/C20H27N3O3S/c1-4-23(14-6-13-21)19(25)20(27-3)12-11-17(20)22-16-9-7-15(8-10-16)18(24)26-5-2/h7-10,17,22H,4-6,11-12,14H2,1-3H3. The Labute approximate surface area is 165 Å². The third-order valence-corrected chi connectivity index (χ3v) is 6.38. The van der Waals surface area contributed by atoms with Crippen molar-refractivity contribution in [2.24, 2.45) is 0 Å². The highest BCUT2D eigenvalue weighted by Crippen LogP contribution is 2.46. The number of rotatable bonds is 9. The van der Waals surface area contributed by atoms with Gasteiger partial charge in [0.25, 0.3) is 0 Å². The number of benzene rings is 1. The van der Waals surface area contributed by atoms with Crippen LogP contribution in [0.5, 0.6) is 0 Å². The molecule has 0 saturated heterocycles. The first-order valence-electron chi connectivity index (χ1n) is 9.27. The van der Waals surface area contributed by atoms with Gasteiger partial charge in [-0.25, -0.2) is 4.79 Å². The molecule has 1 aromatic rings. The Bertz CT molecular complexity index is 697. The molecule has 1 fully saturated rings. The van der Waals surface area contributed by atoms with E-state index in [1.165, 1.54) is 0 Å². The Morgan fingerprint density at radius 1 is 1.37 bits per heavy atom. The van der Waals surface area contributed by atoms with E-state index in [1.807, 2.05) is 25.3 Å². The molecule has 1 aromatic carbocycles. The first-order valence-corrected chi connectivity index (χ1v) is 10.5. The van der Waals surface area contributed by atoms with Crippen LogP contribution in [0.4, 0.5) is 5.69 Å². The lowest BCUT2D eigenvalue weighted by atomic mass is 9.77. The van der Waals surface area contributed by atoms with Crippen molar-refractivity contribution < 1.29 is 14.3 Å². The number of carbonyl (C=O) groups is 2. The Morgan fingerprint density at radius 3 is 2.56 bits per heavy atom. The number of esters is 1. The molecule has 2 unspecified atom stereocenters. The maximum Gasteiger partial charge on any atom is 0.338 e. The molecule has 7 heteroatoms. The molecule has 2 rings (SSSR count). The van der Waals surface area contributed by atoms with Gasteiger partial charge in [0, 0.05) is 24.8 Å². The van der Waals surface area contributed by atoms with Gasteiger partial charge >= 0.3 is 5.97 Å². The van der Waals surface area contributed by atoms with Crippen molar-refractivity contribution in [1.29, 1.82) is 5.26 Å². The second kappa shape index (κ2) is 9.65. The number of amides is 1. The number of hydrogen-bond acceptors (Lipinski definition) is 6. The Balaban J connectivity index is 2.08. The molecule has 1 aliphatic carbocycles. The summed E-state index contributed by atoms with van der Waals surface area (Å²) in [5.74, 6) is -0.239. The second-order valence-corrected chi connectivity index (χ2v) is 7.56. The monoisotopic (exact) mass is 389 g/mol. The number of carbonyl (C=O) groups excluding carboxylic acids is 2. The molecule has 1 amide bonds. The van der Waals surface area contributed by atoms with Crippen molar-refractivity contribution in [2.75, 3.05) is 31.3 Å². The minimum atomic E-state index is -0.509. The lowest BCUT2D eigenvalue weighted by molar-refractivity contribution is -0.136. The fraction of sp³-hybridized carbons (Fsp3) is 0.550. The zero-order valence-corrected chi connectivity index (χ0v) is 17.0. The summed E-state index contributed by atoms with van der Waals surface area (Å²) in [6, 6.07) is 9.27. The SMILES string of the molecule is CCOC(=O)c1ccc(NC2CCC2(SC)C(=O)N(CC)CCC#N)cc1. The van der Waals surface area contributed by atoms with Crippen molar-refractivity contribution >= 4 is 29.3 Å². The number of anilines is 1. The van der Waals surface area contributed by atoms with Gasteiger partial charge in [0.2, 0.25) is 5.91 Å². The molecule has 2 atom stereocenters. The maximum atomic E-state index is 13.1. The van der Waals surface area contributed by atoms with Crippen LogP contribution in [-0.2, 0) is 9.53 Å². The highest BCUT2D eigenvalue weighted by molar-refractivity contribution is 8.00.